The highest BCUT2D eigenvalue weighted by Crippen LogP contribution is 2.20. The Labute approximate surface area is 174 Å². The number of amides is 1. The third-order valence-electron chi connectivity index (χ3n) is 4.61. The summed E-state index contributed by atoms with van der Waals surface area (Å²) in [5.41, 5.74) is 4.36. The number of fused-ring (bicyclic) bond motifs is 1. The Morgan fingerprint density at radius 3 is 2.53 bits per heavy atom. The van der Waals surface area contributed by atoms with Gasteiger partial charge in [0.25, 0.3) is 5.91 Å². The summed E-state index contributed by atoms with van der Waals surface area (Å²) in [6, 6.07) is 25.4. The fourth-order valence-electron chi connectivity index (χ4n) is 3.08. The Morgan fingerprint density at radius 2 is 1.73 bits per heavy atom. The van der Waals surface area contributed by atoms with Gasteiger partial charge < -0.3 is 14.0 Å². The molecule has 1 heterocycles. The highest BCUT2D eigenvalue weighted by Gasteiger charge is 2.04. The number of nitrogens with one attached hydrogen (secondary N) is 1. The molecule has 0 aliphatic heterocycles. The van der Waals surface area contributed by atoms with E-state index in [9.17, 15) is 4.79 Å². The molecule has 0 aliphatic carbocycles. The maximum Gasteiger partial charge on any atom is 0.277 e. The number of benzene rings is 3. The first kappa shape index (κ1) is 19.3. The number of ether oxygens (including phenoxy) is 2. The highest BCUT2D eigenvalue weighted by molar-refractivity contribution is 5.86. The van der Waals surface area contributed by atoms with E-state index < -0.39 is 0 Å². The molecule has 3 aromatic carbocycles. The van der Waals surface area contributed by atoms with Crippen molar-refractivity contribution in [3.05, 3.63) is 90.8 Å². The summed E-state index contributed by atoms with van der Waals surface area (Å²) in [7, 11) is 1.59. The standard InChI is InChI=1S/C24H21N3O3/c1-29-22-10-12-23(13-11-22)30-17-24(28)26-25-16-21-7-4-14-27(21)20-9-8-18-5-2-3-6-19(18)15-20/h2-16H,17H2,1H3,(H,26,28)/b25-16-. The van der Waals surface area contributed by atoms with Crippen LogP contribution in [-0.4, -0.2) is 30.4 Å². The van der Waals surface area contributed by atoms with Gasteiger partial charge in [0.2, 0.25) is 0 Å². The van der Waals surface area contributed by atoms with Crippen LogP contribution in [-0.2, 0) is 4.79 Å². The average Bonchev–Trinajstić information content (AvgIpc) is 3.26. The quantitative estimate of drug-likeness (QED) is 0.375. The summed E-state index contributed by atoms with van der Waals surface area (Å²) in [6.07, 6.45) is 3.57. The number of rotatable bonds is 7. The molecule has 30 heavy (non-hydrogen) atoms. The largest absolute Gasteiger partial charge is 0.497 e. The molecule has 6 heteroatoms. The zero-order chi connectivity index (χ0) is 20.8. The van der Waals surface area contributed by atoms with E-state index in [1.807, 2.05) is 35.0 Å². The van der Waals surface area contributed by atoms with Crippen LogP contribution in [0.25, 0.3) is 16.5 Å². The van der Waals surface area contributed by atoms with Gasteiger partial charge in [-0.1, -0.05) is 30.3 Å². The minimum atomic E-state index is -0.342. The van der Waals surface area contributed by atoms with Gasteiger partial charge in [-0.25, -0.2) is 5.43 Å². The van der Waals surface area contributed by atoms with E-state index in [2.05, 4.69) is 40.9 Å². The summed E-state index contributed by atoms with van der Waals surface area (Å²) in [5.74, 6) is 0.969. The molecule has 4 aromatic rings. The van der Waals surface area contributed by atoms with Crippen LogP contribution in [0, 0.1) is 0 Å². The molecule has 0 aliphatic rings. The predicted molar refractivity (Wildman–Crippen MR) is 118 cm³/mol. The van der Waals surface area contributed by atoms with Crippen LogP contribution in [0.5, 0.6) is 11.5 Å². The molecule has 0 atom stereocenters. The van der Waals surface area contributed by atoms with Crippen LogP contribution in [0.2, 0.25) is 0 Å². The van der Waals surface area contributed by atoms with Gasteiger partial charge in [0.05, 0.1) is 19.0 Å². The number of methoxy groups -OCH3 is 1. The fourth-order valence-corrected chi connectivity index (χ4v) is 3.08. The van der Waals surface area contributed by atoms with E-state index in [1.54, 1.807) is 37.6 Å². The average molecular weight is 399 g/mol. The molecule has 0 spiro atoms. The van der Waals surface area contributed by atoms with Gasteiger partial charge in [0.15, 0.2) is 6.61 Å². The van der Waals surface area contributed by atoms with Gasteiger partial charge >= 0.3 is 0 Å². The first-order valence-electron chi connectivity index (χ1n) is 9.48. The number of carbonyl (C=O) groups excluding carboxylic acids is 1. The Bertz CT molecular complexity index is 1180. The lowest BCUT2D eigenvalue weighted by atomic mass is 10.1. The number of hydrogen-bond donors (Lipinski definition) is 1. The van der Waals surface area contributed by atoms with Crippen molar-refractivity contribution < 1.29 is 14.3 Å². The number of hydrazone groups is 1. The summed E-state index contributed by atoms with van der Waals surface area (Å²) in [5, 5.41) is 6.41. The summed E-state index contributed by atoms with van der Waals surface area (Å²) in [6.45, 7) is -0.130. The van der Waals surface area contributed by atoms with Crippen molar-refractivity contribution in [2.45, 2.75) is 0 Å². The third kappa shape index (κ3) is 4.50. The van der Waals surface area contributed by atoms with Crippen molar-refractivity contribution in [3.8, 4) is 17.2 Å². The molecule has 0 unspecified atom stereocenters. The molecular weight excluding hydrogens is 378 g/mol. The van der Waals surface area contributed by atoms with Crippen LogP contribution in [0.15, 0.2) is 90.2 Å². The lowest BCUT2D eigenvalue weighted by molar-refractivity contribution is -0.123. The molecule has 0 radical (unpaired) electrons. The topological polar surface area (TPSA) is 64.8 Å². The zero-order valence-corrected chi connectivity index (χ0v) is 16.5. The predicted octanol–water partition coefficient (Wildman–Crippen LogP) is 4.17. The van der Waals surface area contributed by atoms with Crippen LogP contribution < -0.4 is 14.9 Å². The lowest BCUT2D eigenvalue weighted by Crippen LogP contribution is -2.24. The lowest BCUT2D eigenvalue weighted by Gasteiger charge is -2.08. The van der Waals surface area contributed by atoms with Gasteiger partial charge in [-0.15, -0.1) is 0 Å². The second-order valence-electron chi connectivity index (χ2n) is 6.59. The summed E-state index contributed by atoms with van der Waals surface area (Å²) >= 11 is 0. The van der Waals surface area contributed by atoms with E-state index in [0.717, 1.165) is 22.5 Å². The summed E-state index contributed by atoms with van der Waals surface area (Å²) in [4.78, 5) is 12.0. The zero-order valence-electron chi connectivity index (χ0n) is 16.5. The van der Waals surface area contributed by atoms with Gasteiger partial charge in [-0.3, -0.25) is 4.79 Å². The first-order chi connectivity index (χ1) is 14.7. The molecule has 0 fully saturated rings. The maximum atomic E-state index is 12.0. The Kier molecular flexibility index (Phi) is 5.75. The number of carbonyl (C=O) groups is 1. The molecule has 4 rings (SSSR count). The molecule has 6 nitrogen and oxygen atoms in total. The van der Waals surface area contributed by atoms with Gasteiger partial charge in [-0.05, 0) is 59.3 Å². The van der Waals surface area contributed by atoms with E-state index in [-0.39, 0.29) is 12.5 Å². The molecule has 1 aromatic heterocycles. The second-order valence-corrected chi connectivity index (χ2v) is 6.59. The van der Waals surface area contributed by atoms with Crippen LogP contribution >= 0.6 is 0 Å². The van der Waals surface area contributed by atoms with Gasteiger partial charge in [-0.2, -0.15) is 5.10 Å². The monoisotopic (exact) mass is 399 g/mol. The Morgan fingerprint density at radius 1 is 0.967 bits per heavy atom. The third-order valence-corrected chi connectivity index (χ3v) is 4.61. The Balaban J connectivity index is 1.37. The van der Waals surface area contributed by atoms with Crippen molar-refractivity contribution in [2.75, 3.05) is 13.7 Å². The van der Waals surface area contributed by atoms with Gasteiger partial charge in [0.1, 0.15) is 11.5 Å². The number of hydrogen-bond acceptors (Lipinski definition) is 4. The first-order valence-corrected chi connectivity index (χ1v) is 9.48. The van der Waals surface area contributed by atoms with Crippen LogP contribution in [0.3, 0.4) is 0 Å². The normalized spacial score (nSPS) is 11.0. The molecule has 1 N–H and O–H groups in total. The molecule has 0 saturated carbocycles. The highest BCUT2D eigenvalue weighted by atomic mass is 16.5. The maximum absolute atomic E-state index is 12.0. The van der Waals surface area contributed by atoms with Crippen molar-refractivity contribution >= 4 is 22.9 Å². The van der Waals surface area contributed by atoms with E-state index in [4.69, 9.17) is 9.47 Å². The van der Waals surface area contributed by atoms with E-state index >= 15 is 0 Å². The molecule has 1 amide bonds. The van der Waals surface area contributed by atoms with Crippen molar-refractivity contribution in [1.29, 1.82) is 0 Å². The smallest absolute Gasteiger partial charge is 0.277 e. The van der Waals surface area contributed by atoms with E-state index in [1.165, 1.54) is 5.39 Å². The molecule has 0 bridgehead atoms. The number of nitrogens with zero attached hydrogens (tertiary/aromatic N) is 2. The minimum absolute atomic E-state index is 0.130. The summed E-state index contributed by atoms with van der Waals surface area (Å²) < 4.78 is 12.5. The number of aromatic nitrogens is 1. The minimum Gasteiger partial charge on any atom is -0.497 e. The molecule has 150 valence electrons. The van der Waals surface area contributed by atoms with Crippen molar-refractivity contribution in [1.82, 2.24) is 9.99 Å². The van der Waals surface area contributed by atoms with Crippen LogP contribution in [0.4, 0.5) is 0 Å². The van der Waals surface area contributed by atoms with Crippen LogP contribution in [0.1, 0.15) is 5.69 Å². The molecular formula is C24H21N3O3. The fraction of sp³-hybridized carbons (Fsp3) is 0.0833. The Hall–Kier alpha value is -4.06. The molecule has 0 saturated heterocycles. The second kappa shape index (κ2) is 8.96. The van der Waals surface area contributed by atoms with Crippen molar-refractivity contribution in [2.24, 2.45) is 5.10 Å². The van der Waals surface area contributed by atoms with E-state index in [0.29, 0.717) is 5.75 Å². The van der Waals surface area contributed by atoms with Crippen molar-refractivity contribution in [3.63, 3.8) is 0 Å². The van der Waals surface area contributed by atoms with Gasteiger partial charge in [0, 0.05) is 11.9 Å². The SMILES string of the molecule is COc1ccc(OCC(=O)N/N=C\c2cccn2-c2ccc3ccccc3c2)cc1.